The minimum absolute atomic E-state index is 0.143. The van der Waals surface area contributed by atoms with Crippen LogP contribution in [0.3, 0.4) is 0 Å². The first-order valence-corrected chi connectivity index (χ1v) is 21.2. The van der Waals surface area contributed by atoms with Gasteiger partial charge in [-0.3, -0.25) is 19.2 Å². The third kappa shape index (κ3) is 10.8. The molecule has 0 fully saturated rings. The molecule has 1 aliphatic rings. The second-order valence-electron chi connectivity index (χ2n) is 13.5. The van der Waals surface area contributed by atoms with Crippen LogP contribution in [0.2, 0.25) is 0 Å². The van der Waals surface area contributed by atoms with Crippen molar-refractivity contribution in [2.45, 2.75) is 40.2 Å². The van der Waals surface area contributed by atoms with Crippen molar-refractivity contribution >= 4 is 100 Å². The minimum Gasteiger partial charge on any atom is -0.481 e. The van der Waals surface area contributed by atoms with Gasteiger partial charge in [-0.25, -0.2) is 9.36 Å². The number of nitrogens with one attached hydrogen (secondary N) is 3. The summed E-state index contributed by atoms with van der Waals surface area (Å²) in [4.78, 5) is 50.6. The fourth-order valence-electron chi connectivity index (χ4n) is 6.36. The van der Waals surface area contributed by atoms with Crippen molar-refractivity contribution in [3.05, 3.63) is 106 Å². The minimum atomic E-state index is -0.311. The van der Waals surface area contributed by atoms with Gasteiger partial charge in [0.15, 0.2) is 12.1 Å². The van der Waals surface area contributed by atoms with Crippen molar-refractivity contribution in [3.63, 3.8) is 0 Å². The molecule has 0 unspecified atom stereocenters. The Kier molecular flexibility index (Phi) is 14.9. The van der Waals surface area contributed by atoms with E-state index in [0.29, 0.717) is 77.4 Å². The van der Waals surface area contributed by atoms with Gasteiger partial charge in [-0.15, -0.1) is 0 Å². The Hall–Kier alpha value is -4.43. The topological polar surface area (TPSA) is 168 Å². The molecule has 17 heteroatoms. The highest BCUT2D eigenvalue weighted by Gasteiger charge is 2.25. The van der Waals surface area contributed by atoms with E-state index in [1.54, 1.807) is 4.68 Å². The third-order valence-corrected chi connectivity index (χ3v) is 11.0. The molecule has 3 aromatic carbocycles. The SMILES string of the molecule is Cc1ccc(-n2nc3c(=O)n(CCCC(=O)NCCOCCOCCNC(=O)COc4c(Br)cc(/C=C5\C(=O)Nc6ccc(I)cc65)cc4Br)nc(C)c3c2C)cc1. The van der Waals surface area contributed by atoms with Crippen LogP contribution in [0.25, 0.3) is 28.2 Å². The molecular formula is C41H42Br2IN7O7. The highest BCUT2D eigenvalue weighted by molar-refractivity contribution is 14.1. The fraction of sp³-hybridized carbons (Fsp3) is 0.317. The molecule has 6 rings (SSSR count). The number of fused-ring (bicyclic) bond motifs is 2. The van der Waals surface area contributed by atoms with Gasteiger partial charge in [0.2, 0.25) is 5.91 Å². The lowest BCUT2D eigenvalue weighted by molar-refractivity contribution is -0.123. The highest BCUT2D eigenvalue weighted by atomic mass is 127. The molecular weight excluding hydrogens is 989 g/mol. The van der Waals surface area contributed by atoms with E-state index in [0.717, 1.165) is 42.7 Å². The number of carbonyl (C=O) groups is 3. The van der Waals surface area contributed by atoms with E-state index >= 15 is 0 Å². The number of rotatable bonds is 18. The maximum Gasteiger partial charge on any atom is 0.295 e. The normalized spacial score (nSPS) is 12.9. The highest BCUT2D eigenvalue weighted by Crippen LogP contribution is 2.38. The Morgan fingerprint density at radius 3 is 2.24 bits per heavy atom. The van der Waals surface area contributed by atoms with Crippen LogP contribution in [-0.4, -0.2) is 83.4 Å². The largest absolute Gasteiger partial charge is 0.481 e. The number of aryl methyl sites for hydroxylation is 4. The molecule has 3 amide bonds. The van der Waals surface area contributed by atoms with E-state index < -0.39 is 0 Å². The molecule has 58 heavy (non-hydrogen) atoms. The number of aromatic nitrogens is 4. The molecule has 2 aromatic heterocycles. The van der Waals surface area contributed by atoms with Crippen molar-refractivity contribution in [2.75, 3.05) is 51.4 Å². The van der Waals surface area contributed by atoms with Gasteiger partial charge in [0.1, 0.15) is 5.75 Å². The van der Waals surface area contributed by atoms with Crippen LogP contribution in [0.4, 0.5) is 5.69 Å². The van der Waals surface area contributed by atoms with Crippen LogP contribution in [0.5, 0.6) is 5.75 Å². The number of ether oxygens (including phenoxy) is 3. The zero-order valence-electron chi connectivity index (χ0n) is 32.1. The average Bonchev–Trinajstić information content (AvgIpc) is 3.69. The standard InChI is InChI=1S/C41H42Br2IN7O7/c1-24-6-9-29(10-7-24)51-26(3)37-25(2)48-50(41(55)38(37)49-51)14-4-5-35(52)45-12-15-56-17-18-57-16-13-46-36(53)23-58-39-32(42)20-27(21-33(39)43)19-31-30-22-28(44)8-11-34(30)47-40(31)54/h6-11,19-22H,4-5,12-18,23H2,1-3H3,(H,45,52)(H,46,53)(H,47,54)/b31-19-. The first-order valence-electron chi connectivity index (χ1n) is 18.6. The van der Waals surface area contributed by atoms with Crippen molar-refractivity contribution in [2.24, 2.45) is 0 Å². The first kappa shape index (κ1) is 43.2. The Labute approximate surface area is 365 Å². The van der Waals surface area contributed by atoms with Gasteiger partial charge in [-0.2, -0.15) is 10.2 Å². The fourth-order valence-corrected chi connectivity index (χ4v) is 8.30. The molecule has 0 bridgehead atoms. The summed E-state index contributed by atoms with van der Waals surface area (Å²) in [6, 6.07) is 17.4. The molecule has 3 heterocycles. The lowest BCUT2D eigenvalue weighted by atomic mass is 10.0. The van der Waals surface area contributed by atoms with Crippen LogP contribution in [0.1, 0.15) is 40.9 Å². The molecule has 0 radical (unpaired) electrons. The molecule has 0 saturated heterocycles. The summed E-state index contributed by atoms with van der Waals surface area (Å²) in [5, 5.41) is 18.3. The van der Waals surface area contributed by atoms with Crippen molar-refractivity contribution < 1.29 is 28.6 Å². The third-order valence-electron chi connectivity index (χ3n) is 9.19. The van der Waals surface area contributed by atoms with Gasteiger partial charge in [0, 0.05) is 46.4 Å². The second kappa shape index (κ2) is 20.0. The number of amides is 3. The summed E-state index contributed by atoms with van der Waals surface area (Å²) < 4.78 is 22.3. The number of nitrogens with zero attached hydrogens (tertiary/aromatic N) is 4. The van der Waals surface area contributed by atoms with Gasteiger partial charge in [-0.1, -0.05) is 17.7 Å². The Morgan fingerprint density at radius 2 is 1.55 bits per heavy atom. The number of benzene rings is 3. The number of anilines is 1. The Balaban J connectivity index is 0.820. The zero-order valence-corrected chi connectivity index (χ0v) is 37.5. The maximum atomic E-state index is 13.2. The summed E-state index contributed by atoms with van der Waals surface area (Å²) in [5.74, 6) is -0.158. The van der Waals surface area contributed by atoms with Gasteiger partial charge < -0.3 is 30.2 Å². The molecule has 0 aliphatic carbocycles. The van der Waals surface area contributed by atoms with Gasteiger partial charge in [0.05, 0.1) is 57.8 Å². The lowest BCUT2D eigenvalue weighted by Gasteiger charge is -2.12. The van der Waals surface area contributed by atoms with E-state index in [-0.39, 0.29) is 42.9 Å². The van der Waals surface area contributed by atoms with Crippen LogP contribution in [-0.2, 0) is 30.4 Å². The van der Waals surface area contributed by atoms with Crippen molar-refractivity contribution in [3.8, 4) is 11.4 Å². The molecule has 0 spiro atoms. The lowest BCUT2D eigenvalue weighted by Crippen LogP contribution is -2.32. The van der Waals surface area contributed by atoms with E-state index in [2.05, 4.69) is 80.6 Å². The van der Waals surface area contributed by atoms with Crippen LogP contribution in [0, 0.1) is 24.3 Å². The Morgan fingerprint density at radius 1 is 0.879 bits per heavy atom. The van der Waals surface area contributed by atoms with Gasteiger partial charge in [-0.05, 0) is 136 Å². The number of carbonyl (C=O) groups excluding carboxylic acids is 3. The smallest absolute Gasteiger partial charge is 0.295 e. The predicted octanol–water partition coefficient (Wildman–Crippen LogP) is 6.25. The maximum absolute atomic E-state index is 13.2. The van der Waals surface area contributed by atoms with Crippen LogP contribution < -0.4 is 26.2 Å². The van der Waals surface area contributed by atoms with E-state index in [4.69, 9.17) is 14.2 Å². The van der Waals surface area contributed by atoms with Crippen molar-refractivity contribution in [1.82, 2.24) is 30.2 Å². The summed E-state index contributed by atoms with van der Waals surface area (Å²) in [6.07, 6.45) is 2.49. The quantitative estimate of drug-likeness (QED) is 0.0522. The average molecular weight is 1030 g/mol. The van der Waals surface area contributed by atoms with Gasteiger partial charge >= 0.3 is 0 Å². The van der Waals surface area contributed by atoms with E-state index in [1.165, 1.54) is 4.68 Å². The molecule has 0 saturated carbocycles. The Bertz CT molecular complexity index is 2410. The summed E-state index contributed by atoms with van der Waals surface area (Å²) in [6.45, 7) is 7.78. The molecule has 14 nitrogen and oxygen atoms in total. The molecule has 0 atom stereocenters. The van der Waals surface area contributed by atoms with Gasteiger partial charge in [0.25, 0.3) is 17.4 Å². The number of halogens is 3. The number of hydrogen-bond acceptors (Lipinski definition) is 9. The van der Waals surface area contributed by atoms with Crippen LogP contribution in [0.15, 0.2) is 68.3 Å². The molecule has 1 aliphatic heterocycles. The monoisotopic (exact) mass is 1030 g/mol. The summed E-state index contributed by atoms with van der Waals surface area (Å²) in [5.41, 5.74) is 6.63. The van der Waals surface area contributed by atoms with Crippen LogP contribution >= 0.6 is 54.5 Å². The number of hydrogen-bond donors (Lipinski definition) is 3. The second-order valence-corrected chi connectivity index (χ2v) is 16.5. The molecule has 5 aromatic rings. The summed E-state index contributed by atoms with van der Waals surface area (Å²) in [7, 11) is 0. The van der Waals surface area contributed by atoms with E-state index in [1.807, 2.05) is 81.4 Å². The molecule has 3 N–H and O–H groups in total. The summed E-state index contributed by atoms with van der Waals surface area (Å²) >= 11 is 9.25. The van der Waals surface area contributed by atoms with Crippen molar-refractivity contribution in [1.29, 1.82) is 0 Å². The zero-order chi connectivity index (χ0) is 41.3. The predicted molar refractivity (Wildman–Crippen MR) is 237 cm³/mol. The van der Waals surface area contributed by atoms with E-state index in [9.17, 15) is 19.2 Å². The molecule has 304 valence electrons. The first-order chi connectivity index (χ1) is 27.9.